The third-order valence-electron chi connectivity index (χ3n) is 9.83. The molecule has 0 spiro atoms. The van der Waals surface area contributed by atoms with E-state index in [1.165, 1.54) is 12.2 Å². The van der Waals surface area contributed by atoms with Gasteiger partial charge in [-0.15, -0.1) is 0 Å². The van der Waals surface area contributed by atoms with E-state index in [1.807, 2.05) is 0 Å². The quantitative estimate of drug-likeness (QED) is 0.397. The Hall–Kier alpha value is -1.22. The summed E-state index contributed by atoms with van der Waals surface area (Å²) in [5.41, 5.74) is -5.17. The van der Waals surface area contributed by atoms with Crippen molar-refractivity contribution in [3.05, 3.63) is 23.8 Å². The van der Waals surface area contributed by atoms with E-state index in [2.05, 4.69) is 0 Å². The Morgan fingerprint density at radius 2 is 1.79 bits per heavy atom. The van der Waals surface area contributed by atoms with E-state index < -0.39 is 60.0 Å². The molecule has 216 valence electrons. The highest BCUT2D eigenvalue weighted by Crippen LogP contribution is 2.70. The molecule has 0 radical (unpaired) electrons. The number of Topliss-reactive ketones (excluding diaryl/α,β-unsaturated/α-hetero) is 1. The summed E-state index contributed by atoms with van der Waals surface area (Å²) >= 11 is 0. The summed E-state index contributed by atoms with van der Waals surface area (Å²) in [5.74, 6) is -2.12. The van der Waals surface area contributed by atoms with Gasteiger partial charge in [0.2, 0.25) is 0 Å². The molecule has 3 saturated carbocycles. The molecule has 10 heteroatoms. The minimum atomic E-state index is -2.70. The molecule has 38 heavy (non-hydrogen) atoms. The third-order valence-corrected chi connectivity index (χ3v) is 11.9. The van der Waals surface area contributed by atoms with Crippen molar-refractivity contribution in [3.63, 3.8) is 0 Å². The molecule has 4 aliphatic carbocycles. The summed E-state index contributed by atoms with van der Waals surface area (Å²) in [7, 11) is -2.70. The fourth-order valence-electron chi connectivity index (χ4n) is 7.87. The van der Waals surface area contributed by atoms with Gasteiger partial charge < -0.3 is 24.4 Å². The number of aliphatic hydroxyl groups is 3. The molecule has 0 amide bonds. The van der Waals surface area contributed by atoms with Crippen LogP contribution < -0.4 is 0 Å². The van der Waals surface area contributed by atoms with Gasteiger partial charge in [0, 0.05) is 22.9 Å². The molecule has 8 nitrogen and oxygen atoms in total. The second-order valence-corrected chi connectivity index (χ2v) is 13.9. The maximum Gasteiger partial charge on any atom is 0.330 e. The molecule has 0 aromatic heterocycles. The molecule has 0 aromatic carbocycles. The van der Waals surface area contributed by atoms with Crippen LogP contribution in [0.15, 0.2) is 23.8 Å². The molecule has 3 N–H and O–H groups in total. The van der Waals surface area contributed by atoms with Crippen molar-refractivity contribution >= 4 is 19.2 Å². The Morgan fingerprint density at radius 1 is 1.18 bits per heavy atom. The zero-order valence-corrected chi connectivity index (χ0v) is 24.3. The number of alkyl halides is 1. The van der Waals surface area contributed by atoms with E-state index in [4.69, 9.17) is 9.05 Å². The zero-order chi connectivity index (χ0) is 28.7. The molecular weight excluding hydrogens is 514 g/mol. The number of hydrogen-bond donors (Lipinski definition) is 3. The molecule has 8 atom stereocenters. The van der Waals surface area contributed by atoms with Gasteiger partial charge >= 0.3 is 7.60 Å². The van der Waals surface area contributed by atoms with Crippen LogP contribution in [0.4, 0.5) is 4.39 Å². The summed E-state index contributed by atoms with van der Waals surface area (Å²) < 4.78 is 38.1. The Morgan fingerprint density at radius 3 is 2.32 bits per heavy atom. The minimum Gasteiger partial charge on any atom is -0.390 e. The second kappa shape index (κ2) is 11.0. The van der Waals surface area contributed by atoms with E-state index in [0.29, 0.717) is 44.2 Å². The Balaban J connectivity index is 0.000000342. The third kappa shape index (κ3) is 4.51. The number of halogens is 1. The van der Waals surface area contributed by atoms with Crippen LogP contribution in [0.25, 0.3) is 0 Å². The molecule has 4 aliphatic rings. The molecule has 0 aliphatic heterocycles. The lowest BCUT2D eigenvalue weighted by Crippen LogP contribution is -2.69. The fraction of sp³-hybridized carbons (Fsp3) is 0.786. The van der Waals surface area contributed by atoms with Gasteiger partial charge in [0.15, 0.2) is 17.2 Å². The largest absolute Gasteiger partial charge is 0.390 e. The van der Waals surface area contributed by atoms with Crippen LogP contribution in [-0.2, 0) is 23.2 Å². The van der Waals surface area contributed by atoms with Crippen LogP contribution in [-0.4, -0.2) is 70.2 Å². The van der Waals surface area contributed by atoms with E-state index in [1.54, 1.807) is 47.6 Å². The monoisotopic (exact) mass is 558 g/mol. The van der Waals surface area contributed by atoms with Gasteiger partial charge in [-0.05, 0) is 70.4 Å². The Kier molecular flexibility index (Phi) is 9.05. The predicted molar refractivity (Wildman–Crippen MR) is 141 cm³/mol. The first-order valence-electron chi connectivity index (χ1n) is 13.7. The highest BCUT2D eigenvalue weighted by atomic mass is 31.2. The van der Waals surface area contributed by atoms with E-state index in [-0.39, 0.29) is 18.1 Å². The average Bonchev–Trinajstić information content (AvgIpc) is 3.07. The van der Waals surface area contributed by atoms with Crippen LogP contribution in [0, 0.1) is 28.6 Å². The van der Waals surface area contributed by atoms with Gasteiger partial charge in [0.25, 0.3) is 0 Å². The van der Waals surface area contributed by atoms with Crippen LogP contribution >= 0.6 is 7.60 Å². The van der Waals surface area contributed by atoms with Gasteiger partial charge in [-0.25, -0.2) is 4.39 Å². The summed E-state index contributed by atoms with van der Waals surface area (Å²) in [6, 6.07) is 0. The number of rotatable bonds is 7. The summed E-state index contributed by atoms with van der Waals surface area (Å²) in [6.45, 7) is 10.8. The first-order valence-corrected chi connectivity index (χ1v) is 15.4. The van der Waals surface area contributed by atoms with Crippen LogP contribution in [0.1, 0.15) is 67.2 Å². The van der Waals surface area contributed by atoms with Gasteiger partial charge in [-0.3, -0.25) is 14.2 Å². The smallest absolute Gasteiger partial charge is 0.330 e. The van der Waals surface area contributed by atoms with Gasteiger partial charge in [-0.1, -0.05) is 32.4 Å². The molecule has 0 saturated heterocycles. The second-order valence-electron chi connectivity index (χ2n) is 11.5. The van der Waals surface area contributed by atoms with E-state index in [9.17, 15) is 29.5 Å². The highest BCUT2D eigenvalue weighted by Gasteiger charge is 2.75. The van der Waals surface area contributed by atoms with Crippen LogP contribution in [0.5, 0.6) is 0 Å². The molecule has 0 heterocycles. The first-order chi connectivity index (χ1) is 17.6. The number of hydrogen-bond acceptors (Lipinski definition) is 8. The number of allylic oxidation sites excluding steroid dienone is 4. The van der Waals surface area contributed by atoms with Crippen molar-refractivity contribution in [2.75, 3.05) is 26.0 Å². The summed E-state index contributed by atoms with van der Waals surface area (Å²) in [5, 5.41) is 32.0. The highest BCUT2D eigenvalue weighted by molar-refractivity contribution is 7.53. The van der Waals surface area contributed by atoms with Crippen molar-refractivity contribution in [1.82, 2.24) is 0 Å². The number of carbonyl (C=O) groups excluding carboxylic acids is 2. The summed E-state index contributed by atoms with van der Waals surface area (Å²) in [6.07, 6.45) is 4.89. The Bertz CT molecular complexity index is 1030. The first kappa shape index (κ1) is 31.3. The number of carbonyl (C=O) groups is 2. The zero-order valence-electron chi connectivity index (χ0n) is 23.4. The standard InChI is InChI=1S/C22H29FO5.C6H15O3P/c1-12-8-16-15-5-4-13-9-14(25)6-7-19(13,2)21(15,23)17(26)10-20(16,3)22(12,28)18(27)11-24;1-4-8-10(7,6-3)9-5-2/h6-7,9,12,15-17,24,26,28H,4-5,8,10-11H2,1-3H3;4-6H2,1-3H3/t12-,15+,16+,17+,19+,20+,21+,22+;/m1./s1. The predicted octanol–water partition coefficient (Wildman–Crippen LogP) is 4.17. The van der Waals surface area contributed by atoms with Crippen molar-refractivity contribution in [2.24, 2.45) is 28.6 Å². The lowest BCUT2D eigenvalue weighted by atomic mass is 9.44. The maximum atomic E-state index is 16.9. The van der Waals surface area contributed by atoms with E-state index in [0.717, 1.165) is 0 Å². The molecule has 0 bridgehead atoms. The van der Waals surface area contributed by atoms with Gasteiger partial charge in [0.05, 0.1) is 19.3 Å². The SMILES string of the molecule is CCOP(=O)(CC)OCC.C[C@@H]1C[C@H]2[C@@H]3CCC4=CC(=O)C=C[C@]4(C)[C@@]3(F)[C@@H](O)C[C@]2(C)[C@@]1(O)C(=O)CO. The molecule has 0 unspecified atom stereocenters. The molecule has 4 rings (SSSR count). The maximum absolute atomic E-state index is 16.9. The molecular formula is C28H44FO8P. The minimum absolute atomic E-state index is 0.0676. The number of aliphatic hydroxyl groups excluding tert-OH is 2. The lowest BCUT2D eigenvalue weighted by Gasteiger charge is -2.62. The molecule has 3 fully saturated rings. The number of fused-ring (bicyclic) bond motifs is 5. The summed E-state index contributed by atoms with van der Waals surface area (Å²) in [4.78, 5) is 24.4. The lowest BCUT2D eigenvalue weighted by molar-refractivity contribution is -0.219. The van der Waals surface area contributed by atoms with Crippen LogP contribution in [0.2, 0.25) is 0 Å². The number of ketones is 2. The topological polar surface area (TPSA) is 130 Å². The van der Waals surface area contributed by atoms with Crippen molar-refractivity contribution in [1.29, 1.82) is 0 Å². The van der Waals surface area contributed by atoms with Crippen molar-refractivity contribution < 1.29 is 42.9 Å². The van der Waals surface area contributed by atoms with Crippen molar-refractivity contribution in [2.45, 2.75) is 84.6 Å². The Labute approximate surface area is 225 Å². The average molecular weight is 559 g/mol. The normalized spacial score (nSPS) is 41.8. The van der Waals surface area contributed by atoms with Gasteiger partial charge in [-0.2, -0.15) is 0 Å². The van der Waals surface area contributed by atoms with Crippen LogP contribution in [0.3, 0.4) is 0 Å². The molecule has 0 aromatic rings. The van der Waals surface area contributed by atoms with Gasteiger partial charge in [0.1, 0.15) is 12.2 Å². The fourth-order valence-corrected chi connectivity index (χ4v) is 9.10. The van der Waals surface area contributed by atoms with E-state index >= 15 is 4.39 Å². The van der Waals surface area contributed by atoms with Crippen molar-refractivity contribution in [3.8, 4) is 0 Å².